The molecule has 1 heterocycles. The molecule has 0 aliphatic carbocycles. The minimum Gasteiger partial charge on any atom is -0.399 e. The Morgan fingerprint density at radius 2 is 2.00 bits per heavy atom. The van der Waals surface area contributed by atoms with Crippen molar-refractivity contribution in [3.8, 4) is 0 Å². The Kier molecular flexibility index (Phi) is 2.43. The van der Waals surface area contributed by atoms with Gasteiger partial charge in [0.1, 0.15) is 0 Å². The highest BCUT2D eigenvalue weighted by molar-refractivity contribution is 5.84. The number of nitrogens with two attached hydrogens (primary N) is 1. The molecule has 0 amide bonds. The Labute approximate surface area is 90.7 Å². The van der Waals surface area contributed by atoms with Crippen LogP contribution in [0.25, 0.3) is 10.9 Å². The molecule has 0 radical (unpaired) electrons. The molecule has 0 saturated heterocycles. The van der Waals surface area contributed by atoms with E-state index in [0.29, 0.717) is 5.92 Å². The molecule has 0 fully saturated rings. The summed E-state index contributed by atoms with van der Waals surface area (Å²) in [6, 6.07) is 8.38. The van der Waals surface area contributed by atoms with Gasteiger partial charge < -0.3 is 10.3 Å². The molecule has 0 atom stereocenters. The third-order valence-electron chi connectivity index (χ3n) is 2.87. The summed E-state index contributed by atoms with van der Waals surface area (Å²) < 4.78 is 2.36. The number of hydrogen-bond acceptors (Lipinski definition) is 1. The molecule has 15 heavy (non-hydrogen) atoms. The molecule has 0 unspecified atom stereocenters. The van der Waals surface area contributed by atoms with Gasteiger partial charge in [-0.1, -0.05) is 13.8 Å². The van der Waals surface area contributed by atoms with Crippen LogP contribution >= 0.6 is 0 Å². The Hall–Kier alpha value is -1.44. The van der Waals surface area contributed by atoms with Crippen molar-refractivity contribution in [1.82, 2.24) is 4.57 Å². The molecule has 2 nitrogen and oxygen atoms in total. The van der Waals surface area contributed by atoms with Gasteiger partial charge in [0.25, 0.3) is 0 Å². The van der Waals surface area contributed by atoms with Gasteiger partial charge in [0.2, 0.25) is 0 Å². The van der Waals surface area contributed by atoms with Gasteiger partial charge in [-0.15, -0.1) is 0 Å². The van der Waals surface area contributed by atoms with Gasteiger partial charge in [0.05, 0.1) is 0 Å². The first-order valence-electron chi connectivity index (χ1n) is 5.52. The summed E-state index contributed by atoms with van der Waals surface area (Å²) in [7, 11) is 0. The molecule has 1 aromatic carbocycles. The number of aromatic nitrogens is 1. The van der Waals surface area contributed by atoms with Crippen molar-refractivity contribution >= 4 is 16.6 Å². The third-order valence-corrected chi connectivity index (χ3v) is 2.87. The van der Waals surface area contributed by atoms with E-state index in [1.54, 1.807) is 0 Å². The first-order valence-corrected chi connectivity index (χ1v) is 5.52. The first kappa shape index (κ1) is 10.1. The quantitative estimate of drug-likeness (QED) is 0.744. The van der Waals surface area contributed by atoms with Crippen molar-refractivity contribution in [2.24, 2.45) is 0 Å². The molecule has 80 valence electrons. The van der Waals surface area contributed by atoms with Crippen LogP contribution in [0.1, 0.15) is 32.4 Å². The summed E-state index contributed by atoms with van der Waals surface area (Å²) in [5.41, 5.74) is 9.30. The van der Waals surface area contributed by atoms with Crippen LogP contribution in [-0.4, -0.2) is 4.57 Å². The fourth-order valence-corrected chi connectivity index (χ4v) is 2.14. The van der Waals surface area contributed by atoms with Crippen LogP contribution in [0.3, 0.4) is 0 Å². The van der Waals surface area contributed by atoms with Gasteiger partial charge in [0, 0.05) is 28.8 Å². The highest BCUT2D eigenvalue weighted by atomic mass is 15.0. The van der Waals surface area contributed by atoms with Gasteiger partial charge >= 0.3 is 0 Å². The zero-order valence-corrected chi connectivity index (χ0v) is 9.62. The number of aryl methyl sites for hydroxylation is 1. The number of anilines is 1. The normalized spacial score (nSPS) is 11.5. The van der Waals surface area contributed by atoms with E-state index >= 15 is 0 Å². The number of nitrogen functional groups attached to an aromatic ring is 1. The Morgan fingerprint density at radius 1 is 1.27 bits per heavy atom. The van der Waals surface area contributed by atoms with Crippen LogP contribution in [0, 0.1) is 0 Å². The monoisotopic (exact) mass is 202 g/mol. The van der Waals surface area contributed by atoms with Crippen LogP contribution in [0.2, 0.25) is 0 Å². The molecular weight excluding hydrogens is 184 g/mol. The standard InChI is InChI=1S/C13H18N2/c1-4-15-12-6-5-11(14)7-10(12)8-13(15)9(2)3/h5-9H,4,14H2,1-3H3. The van der Waals surface area contributed by atoms with Crippen molar-refractivity contribution in [3.63, 3.8) is 0 Å². The van der Waals surface area contributed by atoms with Crippen LogP contribution in [0.4, 0.5) is 5.69 Å². The van der Waals surface area contributed by atoms with Gasteiger partial charge in [-0.3, -0.25) is 0 Å². The molecular formula is C13H18N2. The molecule has 2 rings (SSSR count). The lowest BCUT2D eigenvalue weighted by atomic mass is 10.1. The van der Waals surface area contributed by atoms with Crippen LogP contribution in [-0.2, 0) is 6.54 Å². The topological polar surface area (TPSA) is 30.9 Å². The molecule has 0 saturated carbocycles. The van der Waals surface area contributed by atoms with Crippen LogP contribution < -0.4 is 5.73 Å². The van der Waals surface area contributed by atoms with Crippen molar-refractivity contribution in [3.05, 3.63) is 30.0 Å². The largest absolute Gasteiger partial charge is 0.399 e. The molecule has 1 aromatic heterocycles. The molecule has 2 heteroatoms. The summed E-state index contributed by atoms with van der Waals surface area (Å²) in [4.78, 5) is 0. The van der Waals surface area contributed by atoms with E-state index in [1.165, 1.54) is 16.6 Å². The van der Waals surface area contributed by atoms with E-state index < -0.39 is 0 Å². The van der Waals surface area contributed by atoms with E-state index in [-0.39, 0.29) is 0 Å². The summed E-state index contributed by atoms with van der Waals surface area (Å²) in [6.45, 7) is 7.65. The third kappa shape index (κ3) is 1.60. The molecule has 2 N–H and O–H groups in total. The lowest BCUT2D eigenvalue weighted by Gasteiger charge is -2.10. The second-order valence-corrected chi connectivity index (χ2v) is 4.29. The molecule has 2 aromatic rings. The molecule has 0 aliphatic rings. The average Bonchev–Trinajstić information content (AvgIpc) is 2.55. The summed E-state index contributed by atoms with van der Waals surface area (Å²) in [6.07, 6.45) is 0. The van der Waals surface area contributed by atoms with Crippen LogP contribution in [0.15, 0.2) is 24.3 Å². The predicted molar refractivity (Wildman–Crippen MR) is 66.1 cm³/mol. The lowest BCUT2D eigenvalue weighted by Crippen LogP contribution is -2.01. The fourth-order valence-electron chi connectivity index (χ4n) is 2.14. The number of rotatable bonds is 2. The predicted octanol–water partition coefficient (Wildman–Crippen LogP) is 3.37. The minimum atomic E-state index is 0.554. The number of fused-ring (bicyclic) bond motifs is 1. The lowest BCUT2D eigenvalue weighted by molar-refractivity contribution is 0.691. The number of benzene rings is 1. The second-order valence-electron chi connectivity index (χ2n) is 4.29. The number of nitrogens with zero attached hydrogens (tertiary/aromatic N) is 1. The number of hydrogen-bond donors (Lipinski definition) is 1. The van der Waals surface area contributed by atoms with Crippen LogP contribution in [0.5, 0.6) is 0 Å². The first-order chi connectivity index (χ1) is 7.13. The van der Waals surface area contributed by atoms with Crippen molar-refractivity contribution in [1.29, 1.82) is 0 Å². The van der Waals surface area contributed by atoms with Gasteiger partial charge in [-0.2, -0.15) is 0 Å². The van der Waals surface area contributed by atoms with Crippen molar-refractivity contribution in [2.75, 3.05) is 5.73 Å². The van der Waals surface area contributed by atoms with Gasteiger partial charge in [-0.25, -0.2) is 0 Å². The summed E-state index contributed by atoms with van der Waals surface area (Å²) in [5.74, 6) is 0.554. The zero-order valence-electron chi connectivity index (χ0n) is 9.62. The van der Waals surface area contributed by atoms with E-state index in [0.717, 1.165) is 12.2 Å². The van der Waals surface area contributed by atoms with Gasteiger partial charge in [0.15, 0.2) is 0 Å². The van der Waals surface area contributed by atoms with Crippen molar-refractivity contribution < 1.29 is 0 Å². The SMILES string of the molecule is CCn1c(C(C)C)cc2cc(N)ccc21. The van der Waals surface area contributed by atoms with Crippen molar-refractivity contribution in [2.45, 2.75) is 33.2 Å². The maximum Gasteiger partial charge on any atom is 0.0484 e. The smallest absolute Gasteiger partial charge is 0.0484 e. The Bertz CT molecular complexity index is 480. The highest BCUT2D eigenvalue weighted by Gasteiger charge is 2.10. The molecule has 0 aliphatic heterocycles. The van der Waals surface area contributed by atoms with E-state index in [1.807, 2.05) is 12.1 Å². The fraction of sp³-hybridized carbons (Fsp3) is 0.385. The Morgan fingerprint density at radius 3 is 2.60 bits per heavy atom. The summed E-state index contributed by atoms with van der Waals surface area (Å²) in [5, 5.41) is 1.25. The average molecular weight is 202 g/mol. The maximum absolute atomic E-state index is 5.79. The summed E-state index contributed by atoms with van der Waals surface area (Å²) >= 11 is 0. The van der Waals surface area contributed by atoms with E-state index in [9.17, 15) is 0 Å². The maximum atomic E-state index is 5.79. The Balaban J connectivity index is 2.73. The van der Waals surface area contributed by atoms with Gasteiger partial charge in [-0.05, 0) is 37.1 Å². The highest BCUT2D eigenvalue weighted by Crippen LogP contribution is 2.26. The van der Waals surface area contributed by atoms with E-state index in [2.05, 4.69) is 37.5 Å². The second kappa shape index (κ2) is 3.61. The zero-order chi connectivity index (χ0) is 11.0. The molecule has 0 spiro atoms. The van der Waals surface area contributed by atoms with E-state index in [4.69, 9.17) is 5.73 Å². The molecule has 0 bridgehead atoms. The minimum absolute atomic E-state index is 0.554.